The van der Waals surface area contributed by atoms with E-state index in [1.807, 2.05) is 0 Å². The quantitative estimate of drug-likeness (QED) is 0.392. The Morgan fingerprint density at radius 2 is 1.91 bits per heavy atom. The maximum atomic E-state index is 14.4. The van der Waals surface area contributed by atoms with Crippen LogP contribution in [0.5, 0.6) is 11.5 Å². The van der Waals surface area contributed by atoms with Crippen LogP contribution in [0.1, 0.15) is 15.9 Å². The number of nitrogens with zero attached hydrogens (tertiary/aromatic N) is 3. The van der Waals surface area contributed by atoms with Crippen molar-refractivity contribution in [2.24, 2.45) is 0 Å². The van der Waals surface area contributed by atoms with Gasteiger partial charge in [-0.15, -0.1) is 0 Å². The van der Waals surface area contributed by atoms with Crippen LogP contribution in [0.4, 0.5) is 4.39 Å². The molecular formula is C25H20FN5O4. The molecule has 0 atom stereocenters. The van der Waals surface area contributed by atoms with E-state index in [-0.39, 0.29) is 34.7 Å². The zero-order valence-electron chi connectivity index (χ0n) is 18.8. The van der Waals surface area contributed by atoms with E-state index in [0.717, 1.165) is 5.56 Å². The third-order valence-electron chi connectivity index (χ3n) is 5.68. The van der Waals surface area contributed by atoms with Crippen molar-refractivity contribution in [1.29, 1.82) is 0 Å². The molecule has 2 heterocycles. The van der Waals surface area contributed by atoms with Gasteiger partial charge >= 0.3 is 0 Å². The van der Waals surface area contributed by atoms with Gasteiger partial charge in [-0.05, 0) is 48.5 Å². The molecule has 9 nitrogen and oxygen atoms in total. The molecule has 0 aliphatic carbocycles. The minimum Gasteiger partial charge on any atom is -0.497 e. The van der Waals surface area contributed by atoms with E-state index in [0.29, 0.717) is 22.6 Å². The number of benzene rings is 3. The van der Waals surface area contributed by atoms with Gasteiger partial charge in [0.15, 0.2) is 5.65 Å². The fourth-order valence-corrected chi connectivity index (χ4v) is 3.90. The normalized spacial score (nSPS) is 11.1. The van der Waals surface area contributed by atoms with Crippen molar-refractivity contribution in [2.45, 2.75) is 6.54 Å². The Morgan fingerprint density at radius 1 is 1.09 bits per heavy atom. The van der Waals surface area contributed by atoms with Crippen molar-refractivity contribution in [3.8, 4) is 22.8 Å². The number of H-pyrrole nitrogens is 1. The zero-order chi connectivity index (χ0) is 24.5. The zero-order valence-corrected chi connectivity index (χ0v) is 18.8. The Hall–Kier alpha value is -4.73. The molecule has 2 N–H and O–H groups in total. The summed E-state index contributed by atoms with van der Waals surface area (Å²) in [4.78, 5) is 29.7. The summed E-state index contributed by atoms with van der Waals surface area (Å²) in [7, 11) is 3.11. The molecule has 0 aliphatic rings. The number of methoxy groups -OCH3 is 2. The van der Waals surface area contributed by atoms with Crippen LogP contribution in [-0.4, -0.2) is 39.9 Å². The molecule has 5 aromatic rings. The minimum absolute atomic E-state index is 0.159. The maximum absolute atomic E-state index is 14.4. The molecule has 0 spiro atoms. The number of hydrogen-bond donors (Lipinski definition) is 2. The van der Waals surface area contributed by atoms with E-state index in [1.54, 1.807) is 62.8 Å². The van der Waals surface area contributed by atoms with Crippen LogP contribution in [0.15, 0.2) is 65.5 Å². The van der Waals surface area contributed by atoms with Crippen molar-refractivity contribution in [3.05, 3.63) is 88.0 Å². The fraction of sp³-hybridized carbons (Fsp3) is 0.120. The lowest BCUT2D eigenvalue weighted by Gasteiger charge is -2.12. The molecule has 2 aromatic heterocycles. The second-order valence-electron chi connectivity index (χ2n) is 7.71. The second-order valence-corrected chi connectivity index (χ2v) is 7.71. The number of nitrogens with one attached hydrogen (secondary N) is 2. The summed E-state index contributed by atoms with van der Waals surface area (Å²) in [6.07, 6.45) is 0. The molecule has 0 fully saturated rings. The van der Waals surface area contributed by atoms with Gasteiger partial charge in [-0.2, -0.15) is 10.1 Å². The first-order chi connectivity index (χ1) is 17.0. The van der Waals surface area contributed by atoms with E-state index in [1.165, 1.54) is 16.6 Å². The van der Waals surface area contributed by atoms with Crippen molar-refractivity contribution in [1.82, 2.24) is 25.1 Å². The molecule has 0 bridgehead atoms. The van der Waals surface area contributed by atoms with Crippen LogP contribution in [-0.2, 0) is 6.54 Å². The first-order valence-electron chi connectivity index (χ1n) is 10.6. The van der Waals surface area contributed by atoms with Gasteiger partial charge in [0.2, 0.25) is 0 Å². The lowest BCUT2D eigenvalue weighted by Crippen LogP contribution is -2.23. The highest BCUT2D eigenvalue weighted by molar-refractivity contribution is 5.98. The summed E-state index contributed by atoms with van der Waals surface area (Å²) < 4.78 is 26.4. The molecule has 0 saturated heterocycles. The summed E-state index contributed by atoms with van der Waals surface area (Å²) in [5, 5.41) is 10.1. The van der Waals surface area contributed by atoms with Crippen LogP contribution >= 0.6 is 0 Å². The summed E-state index contributed by atoms with van der Waals surface area (Å²) >= 11 is 0. The van der Waals surface area contributed by atoms with Gasteiger partial charge in [-0.1, -0.05) is 12.1 Å². The largest absolute Gasteiger partial charge is 0.497 e. The number of aromatic amines is 1. The van der Waals surface area contributed by atoms with Crippen molar-refractivity contribution < 1.29 is 18.7 Å². The number of carbonyl (C=O) groups is 1. The summed E-state index contributed by atoms with van der Waals surface area (Å²) in [6, 6.07) is 16.0. The molecular weight excluding hydrogens is 453 g/mol. The van der Waals surface area contributed by atoms with Gasteiger partial charge in [0.1, 0.15) is 23.0 Å². The predicted octanol–water partition coefficient (Wildman–Crippen LogP) is 3.32. The lowest BCUT2D eigenvalue weighted by atomic mass is 10.1. The van der Waals surface area contributed by atoms with Gasteiger partial charge in [0.25, 0.3) is 11.5 Å². The van der Waals surface area contributed by atoms with Gasteiger partial charge in [0.05, 0.1) is 25.1 Å². The SMILES string of the molecule is COc1ccc(OC)c(CNC(=O)c2ccc3c(=O)nc4c(-c5ccccc5F)n[nH]n4c3c2)c1. The highest BCUT2D eigenvalue weighted by atomic mass is 19.1. The number of fused-ring (bicyclic) bond motifs is 3. The second kappa shape index (κ2) is 8.90. The van der Waals surface area contributed by atoms with Gasteiger partial charge in [-0.3, -0.25) is 9.59 Å². The van der Waals surface area contributed by atoms with Crippen molar-refractivity contribution >= 4 is 22.5 Å². The number of amides is 1. The van der Waals surface area contributed by atoms with E-state index < -0.39 is 11.4 Å². The van der Waals surface area contributed by atoms with Gasteiger partial charge < -0.3 is 14.8 Å². The molecule has 5 rings (SSSR count). The molecule has 0 unspecified atom stereocenters. The molecule has 1 amide bonds. The highest BCUT2D eigenvalue weighted by Gasteiger charge is 2.18. The lowest BCUT2D eigenvalue weighted by molar-refractivity contribution is 0.0950. The van der Waals surface area contributed by atoms with E-state index >= 15 is 0 Å². The van der Waals surface area contributed by atoms with Gasteiger partial charge in [0, 0.05) is 23.2 Å². The number of aromatic nitrogens is 4. The first kappa shape index (κ1) is 22.1. The minimum atomic E-state index is -0.507. The monoisotopic (exact) mass is 473 g/mol. The van der Waals surface area contributed by atoms with E-state index in [2.05, 4.69) is 20.6 Å². The van der Waals surface area contributed by atoms with E-state index in [4.69, 9.17) is 9.47 Å². The molecule has 3 aromatic carbocycles. The number of rotatable bonds is 6. The van der Waals surface area contributed by atoms with Crippen LogP contribution in [0.2, 0.25) is 0 Å². The Morgan fingerprint density at radius 3 is 2.69 bits per heavy atom. The number of carbonyl (C=O) groups excluding carboxylic acids is 1. The highest BCUT2D eigenvalue weighted by Crippen LogP contribution is 2.26. The smallest absolute Gasteiger partial charge is 0.281 e. The van der Waals surface area contributed by atoms with Crippen molar-refractivity contribution in [3.63, 3.8) is 0 Å². The Bertz CT molecular complexity index is 1640. The Balaban J connectivity index is 1.52. The fourth-order valence-electron chi connectivity index (χ4n) is 3.90. The molecule has 0 saturated carbocycles. The van der Waals surface area contributed by atoms with Crippen LogP contribution in [0, 0.1) is 5.82 Å². The molecule has 176 valence electrons. The number of hydrogen-bond acceptors (Lipinski definition) is 6. The summed E-state index contributed by atoms with van der Waals surface area (Å²) in [6.45, 7) is 0.199. The maximum Gasteiger partial charge on any atom is 0.281 e. The number of halogens is 1. The van der Waals surface area contributed by atoms with Crippen LogP contribution in [0.3, 0.4) is 0 Å². The van der Waals surface area contributed by atoms with Gasteiger partial charge in [-0.25, -0.2) is 14.1 Å². The van der Waals surface area contributed by atoms with Crippen molar-refractivity contribution in [2.75, 3.05) is 14.2 Å². The number of ether oxygens (including phenoxy) is 2. The van der Waals surface area contributed by atoms with Crippen LogP contribution in [0.25, 0.3) is 27.8 Å². The average Bonchev–Trinajstić information content (AvgIpc) is 3.30. The Kier molecular flexibility index (Phi) is 5.61. The standard InChI is InChI=1S/C25H20FN5O4/c1-34-16-8-10-21(35-2)15(11-16)13-27-24(32)14-7-9-18-20(12-14)31-23(28-25(18)33)22(29-30-31)17-5-3-4-6-19(17)26/h3-12,30H,13H2,1-2H3,(H,27,32). The predicted molar refractivity (Wildman–Crippen MR) is 127 cm³/mol. The summed E-state index contributed by atoms with van der Waals surface area (Å²) in [5.74, 6) is 0.405. The van der Waals surface area contributed by atoms with Crippen LogP contribution < -0.4 is 20.3 Å². The summed E-state index contributed by atoms with van der Waals surface area (Å²) in [5.41, 5.74) is 1.51. The first-order valence-corrected chi connectivity index (χ1v) is 10.6. The van der Waals surface area contributed by atoms with E-state index in [9.17, 15) is 14.0 Å². The third-order valence-corrected chi connectivity index (χ3v) is 5.68. The molecule has 10 heteroatoms. The third kappa shape index (κ3) is 3.95. The Labute approximate surface area is 198 Å². The molecule has 0 aliphatic heterocycles. The molecule has 35 heavy (non-hydrogen) atoms. The topological polar surface area (TPSA) is 111 Å². The average molecular weight is 473 g/mol. The molecule has 0 radical (unpaired) electrons.